The van der Waals surface area contributed by atoms with Crippen LogP contribution in [-0.4, -0.2) is 5.91 Å². The topological polar surface area (TPSA) is 42.2 Å². The number of furan rings is 1. The van der Waals surface area contributed by atoms with Gasteiger partial charge in [-0.1, -0.05) is 6.07 Å². The summed E-state index contributed by atoms with van der Waals surface area (Å²) >= 11 is 2.22. The zero-order valence-electron chi connectivity index (χ0n) is 12.7. The highest BCUT2D eigenvalue weighted by Crippen LogP contribution is 2.28. The van der Waals surface area contributed by atoms with Crippen molar-refractivity contribution < 1.29 is 9.21 Å². The van der Waals surface area contributed by atoms with Crippen molar-refractivity contribution in [1.82, 2.24) is 0 Å². The highest BCUT2D eigenvalue weighted by molar-refractivity contribution is 14.1. The van der Waals surface area contributed by atoms with E-state index in [4.69, 9.17) is 4.42 Å². The van der Waals surface area contributed by atoms with E-state index in [9.17, 15) is 4.79 Å². The fraction of sp³-hybridized carbons (Fsp3) is 0.167. The Morgan fingerprint density at radius 1 is 1.09 bits per heavy atom. The summed E-state index contributed by atoms with van der Waals surface area (Å²) in [5.41, 5.74) is 4.76. The summed E-state index contributed by atoms with van der Waals surface area (Å²) in [5, 5.41) is 3.89. The molecule has 0 spiro atoms. The average Bonchev–Trinajstić information content (AvgIpc) is 2.77. The average molecular weight is 405 g/mol. The van der Waals surface area contributed by atoms with E-state index in [1.165, 1.54) is 5.56 Å². The predicted octanol–water partition coefficient (Wildman–Crippen LogP) is 5.21. The first-order chi connectivity index (χ1) is 10.5. The Hall–Kier alpha value is -1.82. The Kier molecular flexibility index (Phi) is 3.95. The van der Waals surface area contributed by atoms with Gasteiger partial charge < -0.3 is 9.73 Å². The first-order valence-corrected chi connectivity index (χ1v) is 8.11. The number of aryl methyl sites for hydroxylation is 3. The molecule has 0 atom stereocenters. The molecule has 3 aromatic rings. The van der Waals surface area contributed by atoms with Crippen LogP contribution < -0.4 is 5.32 Å². The van der Waals surface area contributed by atoms with Gasteiger partial charge in [0.05, 0.1) is 0 Å². The maximum atomic E-state index is 12.5. The fourth-order valence-electron chi connectivity index (χ4n) is 2.45. The molecule has 0 saturated carbocycles. The summed E-state index contributed by atoms with van der Waals surface area (Å²) in [4.78, 5) is 12.5. The number of fused-ring (bicyclic) bond motifs is 1. The molecule has 1 heterocycles. The number of hydrogen-bond donors (Lipinski definition) is 1. The molecule has 1 N–H and O–H groups in total. The maximum absolute atomic E-state index is 12.5. The lowest BCUT2D eigenvalue weighted by molar-refractivity contribution is 0.0998. The minimum Gasteiger partial charge on any atom is -0.451 e. The fourth-order valence-corrected chi connectivity index (χ4v) is 2.99. The molecular formula is C18H16INO2. The number of amides is 1. The molecule has 0 aliphatic carbocycles. The Morgan fingerprint density at radius 2 is 1.82 bits per heavy atom. The maximum Gasteiger partial charge on any atom is 0.291 e. The molecule has 1 amide bonds. The van der Waals surface area contributed by atoms with Crippen LogP contribution in [0.1, 0.15) is 27.2 Å². The smallest absolute Gasteiger partial charge is 0.291 e. The van der Waals surface area contributed by atoms with E-state index in [2.05, 4.69) is 40.9 Å². The van der Waals surface area contributed by atoms with Gasteiger partial charge in [-0.05, 0) is 84.8 Å². The summed E-state index contributed by atoms with van der Waals surface area (Å²) in [6, 6.07) is 11.7. The third-order valence-corrected chi connectivity index (χ3v) is 4.51. The van der Waals surface area contributed by atoms with Gasteiger partial charge in [-0.15, -0.1) is 0 Å². The standard InChI is InChI=1S/C18H16INO2/c1-10-7-15-12(3)17(22-16(15)8-11(10)2)18(21)20-14-6-4-5-13(19)9-14/h4-9H,1-3H3,(H,20,21). The molecule has 112 valence electrons. The zero-order chi connectivity index (χ0) is 15.9. The minimum atomic E-state index is -0.217. The van der Waals surface area contributed by atoms with Crippen LogP contribution in [0, 0.1) is 24.3 Å². The van der Waals surface area contributed by atoms with Gasteiger partial charge in [0.15, 0.2) is 5.76 Å². The lowest BCUT2D eigenvalue weighted by Gasteiger charge is -2.04. The van der Waals surface area contributed by atoms with Gasteiger partial charge in [-0.2, -0.15) is 0 Å². The van der Waals surface area contributed by atoms with Gasteiger partial charge in [-0.3, -0.25) is 4.79 Å². The molecule has 0 aliphatic heterocycles. The van der Waals surface area contributed by atoms with Crippen LogP contribution in [0.15, 0.2) is 40.8 Å². The van der Waals surface area contributed by atoms with Crippen LogP contribution in [0.3, 0.4) is 0 Å². The van der Waals surface area contributed by atoms with E-state index in [1.54, 1.807) is 0 Å². The van der Waals surface area contributed by atoms with E-state index in [0.717, 1.165) is 31.4 Å². The molecule has 3 nitrogen and oxygen atoms in total. The van der Waals surface area contributed by atoms with E-state index < -0.39 is 0 Å². The lowest BCUT2D eigenvalue weighted by atomic mass is 10.1. The molecule has 4 heteroatoms. The van der Waals surface area contributed by atoms with Gasteiger partial charge in [0.1, 0.15) is 5.58 Å². The molecule has 0 bridgehead atoms. The number of carbonyl (C=O) groups excluding carboxylic acids is 1. The first kappa shape index (κ1) is 15.1. The number of benzene rings is 2. The van der Waals surface area contributed by atoms with Gasteiger partial charge >= 0.3 is 0 Å². The summed E-state index contributed by atoms with van der Waals surface area (Å²) < 4.78 is 6.86. The van der Waals surface area contributed by atoms with Crippen LogP contribution in [0.2, 0.25) is 0 Å². The van der Waals surface area contributed by atoms with Crippen LogP contribution in [0.5, 0.6) is 0 Å². The molecular weight excluding hydrogens is 389 g/mol. The molecule has 0 fully saturated rings. The van der Waals surface area contributed by atoms with Crippen molar-refractivity contribution in [2.45, 2.75) is 20.8 Å². The highest BCUT2D eigenvalue weighted by atomic mass is 127. The SMILES string of the molecule is Cc1cc2oc(C(=O)Nc3cccc(I)c3)c(C)c2cc1C. The number of hydrogen-bond acceptors (Lipinski definition) is 2. The zero-order valence-corrected chi connectivity index (χ0v) is 14.8. The molecule has 0 radical (unpaired) electrons. The number of nitrogens with one attached hydrogen (secondary N) is 1. The van der Waals surface area contributed by atoms with Crippen molar-refractivity contribution in [2.24, 2.45) is 0 Å². The van der Waals surface area contributed by atoms with Crippen LogP contribution in [0.4, 0.5) is 5.69 Å². The summed E-state index contributed by atoms with van der Waals surface area (Å²) in [7, 11) is 0. The summed E-state index contributed by atoms with van der Waals surface area (Å²) in [6.07, 6.45) is 0. The van der Waals surface area contributed by atoms with Crippen LogP contribution in [-0.2, 0) is 0 Å². The third kappa shape index (κ3) is 2.75. The normalized spacial score (nSPS) is 10.9. The molecule has 0 aliphatic rings. The number of anilines is 1. The number of rotatable bonds is 2. The molecule has 22 heavy (non-hydrogen) atoms. The van der Waals surface area contributed by atoms with Gasteiger partial charge in [0, 0.05) is 20.2 Å². The Labute approximate surface area is 142 Å². The number of carbonyl (C=O) groups is 1. The van der Waals surface area contributed by atoms with Crippen molar-refractivity contribution in [3.05, 3.63) is 62.4 Å². The monoisotopic (exact) mass is 405 g/mol. The number of halogens is 1. The second-order valence-electron chi connectivity index (χ2n) is 5.45. The molecule has 0 saturated heterocycles. The molecule has 2 aromatic carbocycles. The van der Waals surface area contributed by atoms with E-state index in [-0.39, 0.29) is 5.91 Å². The first-order valence-electron chi connectivity index (χ1n) is 7.03. The Morgan fingerprint density at radius 3 is 2.55 bits per heavy atom. The van der Waals surface area contributed by atoms with Crippen molar-refractivity contribution >= 4 is 45.2 Å². The van der Waals surface area contributed by atoms with Gasteiger partial charge in [-0.25, -0.2) is 0 Å². The molecule has 3 rings (SSSR count). The Bertz CT molecular complexity index is 880. The quantitative estimate of drug-likeness (QED) is 0.595. The van der Waals surface area contributed by atoms with Crippen molar-refractivity contribution in [2.75, 3.05) is 5.32 Å². The largest absolute Gasteiger partial charge is 0.451 e. The Balaban J connectivity index is 1.99. The predicted molar refractivity (Wildman–Crippen MR) is 97.5 cm³/mol. The summed E-state index contributed by atoms with van der Waals surface area (Å²) in [6.45, 7) is 6.02. The lowest BCUT2D eigenvalue weighted by Crippen LogP contribution is -2.12. The van der Waals surface area contributed by atoms with Crippen molar-refractivity contribution in [3.63, 3.8) is 0 Å². The third-order valence-electron chi connectivity index (χ3n) is 3.84. The van der Waals surface area contributed by atoms with Gasteiger partial charge in [0.2, 0.25) is 0 Å². The van der Waals surface area contributed by atoms with Crippen LogP contribution in [0.25, 0.3) is 11.0 Å². The highest BCUT2D eigenvalue weighted by Gasteiger charge is 2.18. The molecule has 0 unspecified atom stereocenters. The molecule has 1 aromatic heterocycles. The van der Waals surface area contributed by atoms with E-state index in [1.807, 2.05) is 44.2 Å². The minimum absolute atomic E-state index is 0.217. The summed E-state index contributed by atoms with van der Waals surface area (Å²) in [5.74, 6) is 0.157. The van der Waals surface area contributed by atoms with E-state index in [0.29, 0.717) is 5.76 Å². The van der Waals surface area contributed by atoms with E-state index >= 15 is 0 Å². The second kappa shape index (κ2) is 5.76. The van der Waals surface area contributed by atoms with Crippen molar-refractivity contribution in [1.29, 1.82) is 0 Å². The van der Waals surface area contributed by atoms with Crippen molar-refractivity contribution in [3.8, 4) is 0 Å². The van der Waals surface area contributed by atoms with Crippen LogP contribution >= 0.6 is 22.6 Å². The second-order valence-corrected chi connectivity index (χ2v) is 6.70. The van der Waals surface area contributed by atoms with Gasteiger partial charge in [0.25, 0.3) is 5.91 Å².